The molecule has 0 bridgehead atoms. The van der Waals surface area contributed by atoms with E-state index in [4.69, 9.17) is 0 Å². The summed E-state index contributed by atoms with van der Waals surface area (Å²) >= 11 is 0. The molecule has 5 nitrogen and oxygen atoms in total. The van der Waals surface area contributed by atoms with E-state index in [1.807, 2.05) is 43.3 Å². The number of aromatic hydroxyl groups is 1. The van der Waals surface area contributed by atoms with Crippen LogP contribution in [0.2, 0.25) is 0 Å². The molecule has 0 saturated heterocycles. The number of amides is 1. The number of carbonyl (C=O) groups is 1. The van der Waals surface area contributed by atoms with Crippen molar-refractivity contribution in [3.05, 3.63) is 100 Å². The topological polar surface area (TPSA) is 71.3 Å². The monoisotopic (exact) mass is 384 g/mol. The van der Waals surface area contributed by atoms with Crippen molar-refractivity contribution in [3.63, 3.8) is 0 Å². The highest BCUT2D eigenvalue weighted by Crippen LogP contribution is 2.28. The number of nitrogens with zero attached hydrogens (tertiary/aromatic N) is 1. The lowest BCUT2D eigenvalue weighted by molar-refractivity contribution is 0.102. The maximum absolute atomic E-state index is 13.3. The van der Waals surface area contributed by atoms with Gasteiger partial charge in [0.25, 0.3) is 11.5 Å². The van der Waals surface area contributed by atoms with Crippen LogP contribution >= 0.6 is 0 Å². The zero-order chi connectivity index (χ0) is 20.4. The van der Waals surface area contributed by atoms with Crippen LogP contribution in [0, 0.1) is 0 Å². The van der Waals surface area contributed by atoms with Crippen LogP contribution < -0.4 is 10.9 Å². The van der Waals surface area contributed by atoms with Gasteiger partial charge in [-0.2, -0.15) is 0 Å². The van der Waals surface area contributed by atoms with Gasteiger partial charge in [-0.05, 0) is 42.3 Å². The maximum atomic E-state index is 13.3. The summed E-state index contributed by atoms with van der Waals surface area (Å²) in [6, 6.07) is 23.5. The van der Waals surface area contributed by atoms with Crippen molar-refractivity contribution >= 4 is 22.5 Å². The first-order valence-corrected chi connectivity index (χ1v) is 9.43. The number of nitrogens with one attached hydrogen (secondary N) is 1. The largest absolute Gasteiger partial charge is 0.506 e. The minimum absolute atomic E-state index is 0.279. The highest BCUT2D eigenvalue weighted by molar-refractivity contribution is 6.09. The number of fused-ring (bicyclic) bond motifs is 1. The van der Waals surface area contributed by atoms with Gasteiger partial charge in [0.2, 0.25) is 0 Å². The van der Waals surface area contributed by atoms with Crippen LogP contribution in [-0.2, 0) is 6.42 Å². The normalized spacial score (nSPS) is 10.8. The van der Waals surface area contributed by atoms with Crippen LogP contribution in [0.25, 0.3) is 16.6 Å². The lowest BCUT2D eigenvalue weighted by Crippen LogP contribution is -2.29. The van der Waals surface area contributed by atoms with Crippen molar-refractivity contribution in [1.82, 2.24) is 4.57 Å². The summed E-state index contributed by atoms with van der Waals surface area (Å²) in [6.45, 7) is 1.99. The van der Waals surface area contributed by atoms with Crippen LogP contribution in [0.4, 0.5) is 5.69 Å². The molecule has 0 aliphatic rings. The fourth-order valence-electron chi connectivity index (χ4n) is 3.50. The summed E-state index contributed by atoms with van der Waals surface area (Å²) in [7, 11) is 0. The number of hydrogen-bond donors (Lipinski definition) is 2. The molecular weight excluding hydrogens is 364 g/mol. The van der Waals surface area contributed by atoms with E-state index in [0.717, 1.165) is 12.0 Å². The Morgan fingerprint density at radius 3 is 2.34 bits per heavy atom. The molecule has 144 valence electrons. The van der Waals surface area contributed by atoms with Gasteiger partial charge in [0.1, 0.15) is 11.3 Å². The van der Waals surface area contributed by atoms with Gasteiger partial charge in [-0.25, -0.2) is 0 Å². The molecule has 0 radical (unpaired) electrons. The number of benzene rings is 3. The summed E-state index contributed by atoms with van der Waals surface area (Å²) < 4.78 is 1.45. The second-order valence-electron chi connectivity index (χ2n) is 6.68. The van der Waals surface area contributed by atoms with Crippen LogP contribution in [0.3, 0.4) is 0 Å². The average molecular weight is 384 g/mol. The molecule has 0 aliphatic heterocycles. The van der Waals surface area contributed by atoms with Gasteiger partial charge >= 0.3 is 0 Å². The molecule has 29 heavy (non-hydrogen) atoms. The van der Waals surface area contributed by atoms with Gasteiger partial charge in [0.05, 0.1) is 5.52 Å². The summed E-state index contributed by atoms with van der Waals surface area (Å²) in [5.74, 6) is -0.951. The summed E-state index contributed by atoms with van der Waals surface area (Å²) in [5, 5.41) is 14.0. The summed E-state index contributed by atoms with van der Waals surface area (Å²) in [5.41, 5.74) is 1.88. The predicted octanol–water partition coefficient (Wildman–Crippen LogP) is 4.51. The van der Waals surface area contributed by atoms with Gasteiger partial charge in [-0.3, -0.25) is 14.2 Å². The lowest BCUT2D eigenvalue weighted by Gasteiger charge is -2.16. The van der Waals surface area contributed by atoms with Crippen LogP contribution in [0.15, 0.2) is 83.7 Å². The molecular formula is C24H20N2O3. The van der Waals surface area contributed by atoms with Crippen molar-refractivity contribution in [2.75, 3.05) is 5.32 Å². The minimum Gasteiger partial charge on any atom is -0.506 e. The first-order valence-electron chi connectivity index (χ1n) is 9.43. The number of rotatable bonds is 4. The summed E-state index contributed by atoms with van der Waals surface area (Å²) in [6.07, 6.45) is 0.731. The number of hydrogen-bond acceptors (Lipinski definition) is 3. The Kier molecular flexibility index (Phi) is 4.87. The van der Waals surface area contributed by atoms with E-state index >= 15 is 0 Å². The van der Waals surface area contributed by atoms with E-state index in [9.17, 15) is 14.7 Å². The molecule has 0 spiro atoms. The Labute approximate surface area is 167 Å². The third-order valence-electron chi connectivity index (χ3n) is 4.94. The van der Waals surface area contributed by atoms with Crippen molar-refractivity contribution in [1.29, 1.82) is 0 Å². The lowest BCUT2D eigenvalue weighted by atomic mass is 10.1. The SMILES string of the molecule is CCc1ccccc1NC(=O)c1c(O)c2ccccc2n(-c2ccccc2)c1=O. The molecule has 1 amide bonds. The third kappa shape index (κ3) is 3.27. The molecule has 0 saturated carbocycles. The van der Waals surface area contributed by atoms with Gasteiger partial charge < -0.3 is 10.4 Å². The molecule has 0 atom stereocenters. The molecule has 3 aromatic carbocycles. The van der Waals surface area contributed by atoms with E-state index in [-0.39, 0.29) is 11.3 Å². The van der Waals surface area contributed by atoms with Crippen LogP contribution in [-0.4, -0.2) is 15.6 Å². The Hall–Kier alpha value is -3.86. The first kappa shape index (κ1) is 18.5. The standard InChI is InChI=1S/C24H20N2O3/c1-2-16-10-6-8-14-19(16)25-23(28)21-22(27)18-13-7-9-15-20(18)26(24(21)29)17-11-4-3-5-12-17/h3-15,27H,2H2,1H3,(H,25,28). The predicted molar refractivity (Wildman–Crippen MR) is 115 cm³/mol. The Balaban J connectivity index is 1.93. The number of aromatic nitrogens is 1. The van der Waals surface area contributed by atoms with Gasteiger partial charge in [-0.1, -0.05) is 55.5 Å². The van der Waals surface area contributed by atoms with E-state index < -0.39 is 11.5 Å². The highest BCUT2D eigenvalue weighted by Gasteiger charge is 2.23. The Morgan fingerprint density at radius 2 is 1.59 bits per heavy atom. The Morgan fingerprint density at radius 1 is 0.931 bits per heavy atom. The first-order chi connectivity index (χ1) is 14.1. The number of anilines is 1. The molecule has 4 rings (SSSR count). The zero-order valence-electron chi connectivity index (χ0n) is 15.9. The van der Waals surface area contributed by atoms with Gasteiger partial charge in [-0.15, -0.1) is 0 Å². The molecule has 4 aromatic rings. The number of pyridine rings is 1. The Bertz CT molecular complexity index is 1260. The smallest absolute Gasteiger partial charge is 0.272 e. The van der Waals surface area contributed by atoms with Crippen molar-refractivity contribution in [3.8, 4) is 11.4 Å². The molecule has 1 aromatic heterocycles. The fourth-order valence-corrected chi connectivity index (χ4v) is 3.50. The van der Waals surface area contributed by atoms with E-state index in [1.54, 1.807) is 42.5 Å². The average Bonchev–Trinajstić information content (AvgIpc) is 2.75. The molecule has 2 N–H and O–H groups in total. The third-order valence-corrected chi connectivity index (χ3v) is 4.94. The van der Waals surface area contributed by atoms with E-state index in [0.29, 0.717) is 22.3 Å². The zero-order valence-corrected chi connectivity index (χ0v) is 15.9. The molecule has 0 aliphatic carbocycles. The minimum atomic E-state index is -0.635. The van der Waals surface area contributed by atoms with Crippen LogP contribution in [0.1, 0.15) is 22.8 Å². The molecule has 5 heteroatoms. The molecule has 0 unspecified atom stereocenters. The van der Waals surface area contributed by atoms with Crippen molar-refractivity contribution in [2.24, 2.45) is 0 Å². The number of aryl methyl sites for hydroxylation is 1. The van der Waals surface area contributed by atoms with Crippen molar-refractivity contribution in [2.45, 2.75) is 13.3 Å². The number of para-hydroxylation sites is 3. The second-order valence-corrected chi connectivity index (χ2v) is 6.68. The quantitative estimate of drug-likeness (QED) is 0.544. The molecule has 1 heterocycles. The maximum Gasteiger partial charge on any atom is 0.272 e. The fraction of sp³-hybridized carbons (Fsp3) is 0.0833. The van der Waals surface area contributed by atoms with Crippen molar-refractivity contribution < 1.29 is 9.90 Å². The van der Waals surface area contributed by atoms with Gasteiger partial charge in [0.15, 0.2) is 0 Å². The number of carbonyl (C=O) groups excluding carboxylic acids is 1. The van der Waals surface area contributed by atoms with Gasteiger partial charge in [0, 0.05) is 16.8 Å². The second kappa shape index (κ2) is 7.64. The van der Waals surface area contributed by atoms with E-state index in [1.165, 1.54) is 4.57 Å². The molecule has 0 fully saturated rings. The summed E-state index contributed by atoms with van der Waals surface area (Å²) in [4.78, 5) is 26.4. The highest BCUT2D eigenvalue weighted by atomic mass is 16.3. The van der Waals surface area contributed by atoms with Crippen LogP contribution in [0.5, 0.6) is 5.75 Å². The van der Waals surface area contributed by atoms with E-state index in [2.05, 4.69) is 5.32 Å².